The van der Waals surface area contributed by atoms with Gasteiger partial charge in [-0.15, -0.1) is 0 Å². The Labute approximate surface area is 206 Å². The highest BCUT2D eigenvalue weighted by atomic mass is 16.6. The molecular formula is C30H33NO4. The van der Waals surface area contributed by atoms with Crippen LogP contribution in [0.2, 0.25) is 0 Å². The van der Waals surface area contributed by atoms with Crippen LogP contribution in [-0.2, 0) is 16.6 Å². The van der Waals surface area contributed by atoms with Crippen LogP contribution < -0.4 is 4.74 Å². The number of nitrogens with zero attached hydrogens (tertiary/aromatic N) is 1. The Bertz CT molecular complexity index is 1240. The predicted molar refractivity (Wildman–Crippen MR) is 131 cm³/mol. The SMILES string of the molecule is CO[C@]12C=C[C@@]3(C[C@@H]1C(O)c1ccccc1)[C@H]1Cc4ccc(O)c5c4[C@@]3(CCN1CC1CC1)[C@H]2O5. The van der Waals surface area contributed by atoms with Gasteiger partial charge in [-0.05, 0) is 61.8 Å². The standard InChI is InChI=1S/C30H33NO4/c1-34-30-12-11-28(16-21(30)25(33)19-5-3-2-4-6-19)23-15-20-9-10-22(32)26-24(20)29(28,27(30)35-26)13-14-31(23)17-18-7-8-18/h2-6,9-12,18,21,23,25,27,32-33H,7-8,13-17H2,1H3/t21-,23-,25?,27-,28-,29+,30-/m1/s1. The number of ether oxygens (including phenoxy) is 2. The van der Waals surface area contributed by atoms with Crippen molar-refractivity contribution >= 4 is 0 Å². The average molecular weight is 472 g/mol. The third-order valence-corrected chi connectivity index (χ3v) is 10.7. The number of hydrogen-bond donors (Lipinski definition) is 2. The van der Waals surface area contributed by atoms with Crippen LogP contribution in [0.1, 0.15) is 48.5 Å². The Morgan fingerprint density at radius 3 is 2.74 bits per heavy atom. The molecule has 7 aliphatic rings. The number of phenols is 1. The molecule has 0 radical (unpaired) electrons. The summed E-state index contributed by atoms with van der Waals surface area (Å²) in [6.07, 6.45) is 9.27. The van der Waals surface area contributed by atoms with Crippen molar-refractivity contribution < 1.29 is 19.7 Å². The molecule has 2 saturated carbocycles. The molecule has 5 nitrogen and oxygen atoms in total. The zero-order chi connectivity index (χ0) is 23.6. The van der Waals surface area contributed by atoms with Crippen LogP contribution in [0.25, 0.3) is 0 Å². The molecule has 3 fully saturated rings. The van der Waals surface area contributed by atoms with Crippen molar-refractivity contribution in [1.29, 1.82) is 0 Å². The van der Waals surface area contributed by atoms with Gasteiger partial charge >= 0.3 is 0 Å². The molecule has 1 saturated heterocycles. The maximum Gasteiger partial charge on any atom is 0.165 e. The first-order valence-electron chi connectivity index (χ1n) is 13.3. The fourth-order valence-corrected chi connectivity index (χ4v) is 9.07. The maximum atomic E-state index is 11.8. The van der Waals surface area contributed by atoms with Crippen LogP contribution in [0.15, 0.2) is 54.6 Å². The summed E-state index contributed by atoms with van der Waals surface area (Å²) in [5, 5.41) is 22.8. The van der Waals surface area contributed by atoms with Gasteiger partial charge in [0.15, 0.2) is 11.5 Å². The van der Waals surface area contributed by atoms with Crippen molar-refractivity contribution in [2.75, 3.05) is 20.2 Å². The van der Waals surface area contributed by atoms with Crippen molar-refractivity contribution in [3.8, 4) is 11.5 Å². The number of fused-ring (bicyclic) bond motifs is 1. The lowest BCUT2D eigenvalue weighted by Gasteiger charge is -2.71. The monoisotopic (exact) mass is 471 g/mol. The summed E-state index contributed by atoms with van der Waals surface area (Å²) in [4.78, 5) is 2.76. The zero-order valence-corrected chi connectivity index (χ0v) is 20.2. The normalized spacial score (nSPS) is 40.9. The molecule has 182 valence electrons. The number of phenolic OH excluding ortho intramolecular Hbond substituents is 1. The van der Waals surface area contributed by atoms with Gasteiger partial charge in [0.05, 0.1) is 11.5 Å². The first-order valence-corrected chi connectivity index (χ1v) is 13.3. The minimum atomic E-state index is -0.764. The van der Waals surface area contributed by atoms with E-state index in [2.05, 4.69) is 23.1 Å². The highest BCUT2D eigenvalue weighted by Gasteiger charge is 2.79. The quantitative estimate of drug-likeness (QED) is 0.643. The lowest BCUT2D eigenvalue weighted by Crippen LogP contribution is -2.79. The summed E-state index contributed by atoms with van der Waals surface area (Å²) < 4.78 is 13.3. The Morgan fingerprint density at radius 1 is 1.14 bits per heavy atom. The van der Waals surface area contributed by atoms with Crippen LogP contribution >= 0.6 is 0 Å². The third kappa shape index (κ3) is 2.32. The van der Waals surface area contributed by atoms with E-state index in [1.165, 1.54) is 30.5 Å². The number of aliphatic hydroxyl groups is 1. The summed E-state index contributed by atoms with van der Waals surface area (Å²) in [5.74, 6) is 1.57. The largest absolute Gasteiger partial charge is 0.504 e. The molecule has 2 spiro atoms. The van der Waals surface area contributed by atoms with Gasteiger partial charge in [-0.2, -0.15) is 0 Å². The summed E-state index contributed by atoms with van der Waals surface area (Å²) in [6.45, 7) is 2.22. The molecule has 2 heterocycles. The molecule has 9 rings (SSSR count). The van der Waals surface area contributed by atoms with Gasteiger partial charge in [-0.3, -0.25) is 4.90 Å². The summed E-state index contributed by atoms with van der Waals surface area (Å²) >= 11 is 0. The fourth-order valence-electron chi connectivity index (χ4n) is 9.07. The predicted octanol–water partition coefficient (Wildman–Crippen LogP) is 4.13. The van der Waals surface area contributed by atoms with Crippen molar-refractivity contribution in [3.63, 3.8) is 0 Å². The number of benzene rings is 2. The van der Waals surface area contributed by atoms with Crippen molar-refractivity contribution in [2.45, 2.75) is 61.4 Å². The van der Waals surface area contributed by atoms with Crippen molar-refractivity contribution in [3.05, 3.63) is 71.3 Å². The molecule has 4 bridgehead atoms. The van der Waals surface area contributed by atoms with E-state index < -0.39 is 11.7 Å². The molecule has 2 aromatic rings. The highest BCUT2D eigenvalue weighted by molar-refractivity contribution is 5.65. The van der Waals surface area contributed by atoms with Crippen LogP contribution in [0.5, 0.6) is 11.5 Å². The molecule has 0 aromatic heterocycles. The number of piperidine rings is 1. The maximum absolute atomic E-state index is 11.8. The molecule has 2 aliphatic heterocycles. The molecule has 5 aliphatic carbocycles. The number of hydrogen-bond acceptors (Lipinski definition) is 5. The summed E-state index contributed by atoms with van der Waals surface area (Å²) in [5.41, 5.74) is 2.32. The second-order valence-corrected chi connectivity index (χ2v) is 11.9. The van der Waals surface area contributed by atoms with Gasteiger partial charge in [0, 0.05) is 36.6 Å². The Hall–Kier alpha value is -2.34. The van der Waals surface area contributed by atoms with Gasteiger partial charge in [0.25, 0.3) is 0 Å². The molecule has 35 heavy (non-hydrogen) atoms. The van der Waals surface area contributed by atoms with E-state index in [9.17, 15) is 10.2 Å². The van der Waals surface area contributed by atoms with Crippen LogP contribution in [0.4, 0.5) is 0 Å². The average Bonchev–Trinajstić information content (AvgIpc) is 3.63. The number of aromatic hydroxyl groups is 1. The fraction of sp³-hybridized carbons (Fsp3) is 0.533. The van der Waals surface area contributed by atoms with E-state index in [1.807, 2.05) is 36.4 Å². The highest BCUT2D eigenvalue weighted by Crippen LogP contribution is 2.75. The molecular weight excluding hydrogens is 438 g/mol. The van der Waals surface area contributed by atoms with Gasteiger partial charge < -0.3 is 19.7 Å². The lowest BCUT2D eigenvalue weighted by atomic mass is 9.36. The number of aliphatic hydroxyl groups excluding tert-OH is 1. The second kappa shape index (κ2) is 6.70. The molecule has 2 N–H and O–H groups in total. The number of methoxy groups -OCH3 is 1. The topological polar surface area (TPSA) is 62.2 Å². The second-order valence-electron chi connectivity index (χ2n) is 11.9. The van der Waals surface area contributed by atoms with E-state index in [0.29, 0.717) is 11.8 Å². The summed E-state index contributed by atoms with van der Waals surface area (Å²) in [7, 11) is 1.76. The van der Waals surface area contributed by atoms with Crippen LogP contribution in [-0.4, -0.2) is 53.1 Å². The van der Waals surface area contributed by atoms with E-state index in [0.717, 1.165) is 37.3 Å². The van der Waals surface area contributed by atoms with E-state index in [4.69, 9.17) is 9.47 Å². The van der Waals surface area contributed by atoms with E-state index in [-0.39, 0.29) is 28.6 Å². The lowest BCUT2D eigenvalue weighted by molar-refractivity contribution is -0.233. The first-order chi connectivity index (χ1) is 17.0. The van der Waals surface area contributed by atoms with Gasteiger partial charge in [-0.1, -0.05) is 48.6 Å². The van der Waals surface area contributed by atoms with Gasteiger partial charge in [0.2, 0.25) is 0 Å². The molecule has 7 atom stereocenters. The number of likely N-dealkylation sites (tertiary alicyclic amines) is 1. The van der Waals surface area contributed by atoms with Crippen LogP contribution in [0, 0.1) is 17.3 Å². The minimum Gasteiger partial charge on any atom is -0.504 e. The Balaban J connectivity index is 1.36. The third-order valence-electron chi connectivity index (χ3n) is 10.7. The molecule has 1 unspecified atom stereocenters. The Morgan fingerprint density at radius 2 is 1.97 bits per heavy atom. The number of rotatable bonds is 5. The molecule has 2 aromatic carbocycles. The van der Waals surface area contributed by atoms with E-state index >= 15 is 0 Å². The minimum absolute atomic E-state index is 0.139. The molecule has 0 amide bonds. The van der Waals surface area contributed by atoms with Crippen LogP contribution in [0.3, 0.4) is 0 Å². The van der Waals surface area contributed by atoms with E-state index in [1.54, 1.807) is 7.11 Å². The Kier molecular flexibility index (Phi) is 3.98. The zero-order valence-electron chi connectivity index (χ0n) is 20.2. The van der Waals surface area contributed by atoms with Crippen molar-refractivity contribution in [2.24, 2.45) is 17.3 Å². The van der Waals surface area contributed by atoms with Gasteiger partial charge in [-0.25, -0.2) is 0 Å². The molecule has 5 heteroatoms. The smallest absolute Gasteiger partial charge is 0.165 e. The van der Waals surface area contributed by atoms with Crippen molar-refractivity contribution in [1.82, 2.24) is 4.90 Å². The van der Waals surface area contributed by atoms with Gasteiger partial charge in [0.1, 0.15) is 11.7 Å². The summed E-state index contributed by atoms with van der Waals surface area (Å²) in [6, 6.07) is 14.3. The first kappa shape index (κ1) is 20.8.